The summed E-state index contributed by atoms with van der Waals surface area (Å²) in [4.78, 5) is 12.2. The summed E-state index contributed by atoms with van der Waals surface area (Å²) >= 11 is 0. The van der Waals surface area contributed by atoms with Gasteiger partial charge in [0.2, 0.25) is 0 Å². The highest BCUT2D eigenvalue weighted by Crippen LogP contribution is 2.29. The van der Waals surface area contributed by atoms with E-state index in [-0.39, 0.29) is 5.91 Å². The van der Waals surface area contributed by atoms with Gasteiger partial charge in [-0.3, -0.25) is 4.79 Å². The van der Waals surface area contributed by atoms with E-state index in [0.29, 0.717) is 28.4 Å². The number of ether oxygens (including phenoxy) is 1. The first-order valence-corrected chi connectivity index (χ1v) is 6.78. The smallest absolute Gasteiger partial charge is 0.260 e. The van der Waals surface area contributed by atoms with Crippen molar-refractivity contribution in [2.24, 2.45) is 0 Å². The molecule has 0 aliphatic heterocycles. The maximum absolute atomic E-state index is 12.2. The molecule has 1 aromatic heterocycles. The molecule has 0 aliphatic rings. The zero-order chi connectivity index (χ0) is 15.4. The second-order valence-corrected chi connectivity index (χ2v) is 4.68. The summed E-state index contributed by atoms with van der Waals surface area (Å²) in [7, 11) is 0. The Labute approximate surface area is 127 Å². The van der Waals surface area contributed by atoms with Crippen LogP contribution in [0.4, 0.5) is 5.69 Å². The summed E-state index contributed by atoms with van der Waals surface area (Å²) in [6.07, 6.45) is 1.32. The van der Waals surface area contributed by atoms with Crippen molar-refractivity contribution in [1.29, 1.82) is 0 Å². The molecule has 0 aliphatic carbocycles. The molecule has 3 aromatic rings. The molecule has 3 rings (SSSR count). The largest absolute Gasteiger partial charge is 0.455 e. The van der Waals surface area contributed by atoms with Gasteiger partial charge in [0.05, 0.1) is 11.4 Å². The number of benzene rings is 2. The van der Waals surface area contributed by atoms with E-state index in [1.54, 1.807) is 19.1 Å². The zero-order valence-corrected chi connectivity index (χ0v) is 11.9. The van der Waals surface area contributed by atoms with Crippen LogP contribution in [0.5, 0.6) is 11.5 Å². The molecule has 1 amide bonds. The van der Waals surface area contributed by atoms with Gasteiger partial charge in [-0.1, -0.05) is 35.5 Å². The zero-order valence-electron chi connectivity index (χ0n) is 11.9. The topological polar surface area (TPSA) is 64.4 Å². The third-order valence-corrected chi connectivity index (χ3v) is 3.10. The van der Waals surface area contributed by atoms with Crippen LogP contribution in [0.2, 0.25) is 0 Å². The lowest BCUT2D eigenvalue weighted by molar-refractivity contribution is 0.102. The Morgan fingerprint density at radius 1 is 1.09 bits per heavy atom. The van der Waals surface area contributed by atoms with Crippen LogP contribution in [-0.4, -0.2) is 11.1 Å². The second-order valence-electron chi connectivity index (χ2n) is 4.68. The second kappa shape index (κ2) is 6.13. The summed E-state index contributed by atoms with van der Waals surface area (Å²) in [5.41, 5.74) is 1.52. The molecule has 1 heterocycles. The van der Waals surface area contributed by atoms with Gasteiger partial charge in [0.25, 0.3) is 5.91 Å². The van der Waals surface area contributed by atoms with Crippen LogP contribution in [0.3, 0.4) is 0 Å². The lowest BCUT2D eigenvalue weighted by Crippen LogP contribution is -2.12. The number of nitrogens with zero attached hydrogens (tertiary/aromatic N) is 1. The Kier molecular flexibility index (Phi) is 3.87. The van der Waals surface area contributed by atoms with E-state index in [9.17, 15) is 4.79 Å². The predicted octanol–water partition coefficient (Wildman–Crippen LogP) is 4.03. The number of carbonyl (C=O) groups is 1. The lowest BCUT2D eigenvalue weighted by atomic mass is 10.2. The van der Waals surface area contributed by atoms with Crippen molar-refractivity contribution in [3.8, 4) is 11.5 Å². The highest BCUT2D eigenvalue weighted by atomic mass is 16.5. The third kappa shape index (κ3) is 2.98. The summed E-state index contributed by atoms with van der Waals surface area (Å²) in [6.45, 7) is 1.71. The van der Waals surface area contributed by atoms with E-state index in [1.165, 1.54) is 6.26 Å². The van der Waals surface area contributed by atoms with Crippen molar-refractivity contribution in [1.82, 2.24) is 5.16 Å². The van der Waals surface area contributed by atoms with Gasteiger partial charge in [-0.15, -0.1) is 0 Å². The van der Waals surface area contributed by atoms with Gasteiger partial charge >= 0.3 is 0 Å². The summed E-state index contributed by atoms with van der Waals surface area (Å²) < 4.78 is 10.6. The fourth-order valence-corrected chi connectivity index (χ4v) is 1.97. The Morgan fingerprint density at radius 3 is 2.55 bits per heavy atom. The van der Waals surface area contributed by atoms with Gasteiger partial charge < -0.3 is 14.6 Å². The first kappa shape index (κ1) is 13.9. The molecule has 5 heteroatoms. The summed E-state index contributed by atoms with van der Waals surface area (Å²) in [5, 5.41) is 6.51. The molecule has 0 saturated heterocycles. The fraction of sp³-hybridized carbons (Fsp3) is 0.0588. The van der Waals surface area contributed by atoms with Crippen molar-refractivity contribution in [3.05, 3.63) is 72.1 Å². The molecular formula is C17H14N2O3. The number of anilines is 1. The molecule has 2 aromatic carbocycles. The van der Waals surface area contributed by atoms with Gasteiger partial charge in [-0.2, -0.15) is 0 Å². The Bertz CT molecular complexity index is 781. The van der Waals surface area contributed by atoms with Gasteiger partial charge in [0.15, 0.2) is 5.75 Å². The SMILES string of the molecule is Cc1nocc1C(=O)Nc1ccccc1Oc1ccccc1. The van der Waals surface area contributed by atoms with Crippen molar-refractivity contribution >= 4 is 11.6 Å². The Hall–Kier alpha value is -3.08. The van der Waals surface area contributed by atoms with E-state index in [0.717, 1.165) is 0 Å². The minimum absolute atomic E-state index is 0.289. The molecule has 0 saturated carbocycles. The van der Waals surface area contributed by atoms with Crippen molar-refractivity contribution in [3.63, 3.8) is 0 Å². The highest BCUT2D eigenvalue weighted by molar-refractivity contribution is 6.05. The number of amides is 1. The number of hydrogen-bond acceptors (Lipinski definition) is 4. The quantitative estimate of drug-likeness (QED) is 0.789. The lowest BCUT2D eigenvalue weighted by Gasteiger charge is -2.11. The maximum Gasteiger partial charge on any atom is 0.260 e. The van der Waals surface area contributed by atoms with Gasteiger partial charge in [-0.25, -0.2) is 0 Å². The van der Waals surface area contributed by atoms with Crippen LogP contribution < -0.4 is 10.1 Å². The van der Waals surface area contributed by atoms with E-state index >= 15 is 0 Å². The van der Waals surface area contributed by atoms with E-state index in [1.807, 2.05) is 42.5 Å². The van der Waals surface area contributed by atoms with Gasteiger partial charge in [0, 0.05) is 0 Å². The van der Waals surface area contributed by atoms with Crippen LogP contribution in [0.25, 0.3) is 0 Å². The normalized spacial score (nSPS) is 10.2. The number of aryl methyl sites for hydroxylation is 1. The van der Waals surface area contributed by atoms with Crippen LogP contribution in [0, 0.1) is 6.92 Å². The minimum Gasteiger partial charge on any atom is -0.455 e. The van der Waals surface area contributed by atoms with Crippen molar-refractivity contribution < 1.29 is 14.1 Å². The molecule has 5 nitrogen and oxygen atoms in total. The highest BCUT2D eigenvalue weighted by Gasteiger charge is 2.15. The van der Waals surface area contributed by atoms with Gasteiger partial charge in [-0.05, 0) is 31.2 Å². The number of para-hydroxylation sites is 3. The summed E-state index contributed by atoms with van der Waals surface area (Å²) in [5.74, 6) is 0.976. The number of nitrogens with one attached hydrogen (secondary N) is 1. The van der Waals surface area contributed by atoms with Crippen LogP contribution in [0.1, 0.15) is 16.1 Å². The Morgan fingerprint density at radius 2 is 1.82 bits per heavy atom. The van der Waals surface area contributed by atoms with Crippen LogP contribution >= 0.6 is 0 Å². The standard InChI is InChI=1S/C17H14N2O3/c1-12-14(11-21-19-12)17(20)18-15-9-5-6-10-16(15)22-13-7-3-2-4-8-13/h2-11H,1H3,(H,18,20). The fourth-order valence-electron chi connectivity index (χ4n) is 1.97. The van der Waals surface area contributed by atoms with Crippen molar-refractivity contribution in [2.75, 3.05) is 5.32 Å². The predicted molar refractivity (Wildman–Crippen MR) is 82.2 cm³/mol. The van der Waals surface area contributed by atoms with E-state index in [4.69, 9.17) is 9.26 Å². The first-order chi connectivity index (χ1) is 10.7. The molecule has 0 radical (unpaired) electrons. The number of aromatic nitrogens is 1. The minimum atomic E-state index is -0.289. The molecule has 1 N–H and O–H groups in total. The van der Waals surface area contributed by atoms with Gasteiger partial charge in [0.1, 0.15) is 17.6 Å². The van der Waals surface area contributed by atoms with E-state index < -0.39 is 0 Å². The number of rotatable bonds is 4. The average molecular weight is 294 g/mol. The molecule has 0 unspecified atom stereocenters. The molecule has 0 bridgehead atoms. The maximum atomic E-state index is 12.2. The van der Waals surface area contributed by atoms with E-state index in [2.05, 4.69) is 10.5 Å². The molecule has 22 heavy (non-hydrogen) atoms. The average Bonchev–Trinajstić information content (AvgIpc) is 2.96. The molecular weight excluding hydrogens is 280 g/mol. The molecule has 0 spiro atoms. The van der Waals surface area contributed by atoms with Crippen LogP contribution in [-0.2, 0) is 0 Å². The third-order valence-electron chi connectivity index (χ3n) is 3.10. The number of carbonyl (C=O) groups excluding carboxylic acids is 1. The Balaban J connectivity index is 1.83. The molecule has 110 valence electrons. The van der Waals surface area contributed by atoms with Crippen LogP contribution in [0.15, 0.2) is 65.4 Å². The molecule has 0 atom stereocenters. The molecule has 0 fully saturated rings. The monoisotopic (exact) mass is 294 g/mol. The van der Waals surface area contributed by atoms with Crippen molar-refractivity contribution in [2.45, 2.75) is 6.92 Å². The summed E-state index contributed by atoms with van der Waals surface area (Å²) in [6, 6.07) is 16.6. The first-order valence-electron chi connectivity index (χ1n) is 6.78. The number of hydrogen-bond donors (Lipinski definition) is 1.